The van der Waals surface area contributed by atoms with Crippen molar-refractivity contribution in [2.75, 3.05) is 30.1 Å². The number of rotatable bonds is 10. The van der Waals surface area contributed by atoms with Crippen molar-refractivity contribution >= 4 is 51.6 Å². The van der Waals surface area contributed by atoms with E-state index in [2.05, 4.69) is 22.8 Å². The third kappa shape index (κ3) is 7.36. The predicted octanol–water partition coefficient (Wildman–Crippen LogP) is 6.56. The van der Waals surface area contributed by atoms with Crippen LogP contribution in [0.2, 0.25) is 0 Å². The van der Waals surface area contributed by atoms with Gasteiger partial charge in [0.15, 0.2) is 6.61 Å². The number of hydrogen-bond donors (Lipinski definition) is 2. The van der Waals surface area contributed by atoms with Crippen molar-refractivity contribution in [2.45, 2.75) is 30.1 Å². The van der Waals surface area contributed by atoms with E-state index in [0.717, 1.165) is 34.6 Å². The lowest BCUT2D eigenvalue weighted by Crippen LogP contribution is -2.20. The number of anilines is 2. The number of thiophene rings is 1. The molecule has 41 heavy (non-hydrogen) atoms. The van der Waals surface area contributed by atoms with Gasteiger partial charge in [-0.05, 0) is 66.6 Å². The minimum absolute atomic E-state index is 0.108. The van der Waals surface area contributed by atoms with Crippen LogP contribution in [0.1, 0.15) is 38.7 Å². The van der Waals surface area contributed by atoms with E-state index >= 15 is 0 Å². The third-order valence-electron chi connectivity index (χ3n) is 6.78. The summed E-state index contributed by atoms with van der Waals surface area (Å²) >= 11 is 2.81. The molecule has 1 unspecified atom stereocenters. The number of fused-ring (bicyclic) bond motifs is 1. The van der Waals surface area contributed by atoms with Crippen molar-refractivity contribution in [3.63, 3.8) is 0 Å². The summed E-state index contributed by atoms with van der Waals surface area (Å²) in [5.41, 5.74) is 3.36. The summed E-state index contributed by atoms with van der Waals surface area (Å²) in [6.45, 7) is -0.108. The molecule has 0 spiro atoms. The summed E-state index contributed by atoms with van der Waals surface area (Å²) in [6.07, 6.45) is 2.52. The number of ether oxygens (including phenoxy) is 2. The van der Waals surface area contributed by atoms with Crippen LogP contribution in [-0.2, 0) is 27.2 Å². The summed E-state index contributed by atoms with van der Waals surface area (Å²) in [6, 6.07) is 26.8. The van der Waals surface area contributed by atoms with Gasteiger partial charge in [-0.2, -0.15) is 0 Å². The molecule has 1 aliphatic rings. The topological polar surface area (TPSA) is 93.7 Å². The zero-order chi connectivity index (χ0) is 28.6. The quantitative estimate of drug-likeness (QED) is 0.162. The first-order chi connectivity index (χ1) is 20.0. The van der Waals surface area contributed by atoms with Crippen LogP contribution >= 0.6 is 23.1 Å². The van der Waals surface area contributed by atoms with Crippen LogP contribution in [0.4, 0.5) is 10.7 Å². The fourth-order valence-electron chi connectivity index (χ4n) is 4.84. The highest BCUT2D eigenvalue weighted by atomic mass is 32.2. The Morgan fingerprint density at radius 2 is 1.68 bits per heavy atom. The lowest BCUT2D eigenvalue weighted by Gasteiger charge is -2.22. The predicted molar refractivity (Wildman–Crippen MR) is 163 cm³/mol. The Labute approximate surface area is 247 Å². The number of carbonyl (C=O) groups excluding carboxylic acids is 3. The van der Waals surface area contributed by atoms with Gasteiger partial charge in [-0.25, -0.2) is 4.79 Å². The molecule has 3 aromatic carbocycles. The first-order valence-electron chi connectivity index (χ1n) is 13.3. The zero-order valence-corrected chi connectivity index (χ0v) is 24.2. The molecule has 0 saturated carbocycles. The maximum Gasteiger partial charge on any atom is 0.341 e. The van der Waals surface area contributed by atoms with Gasteiger partial charge in [-0.1, -0.05) is 54.6 Å². The number of nitrogens with one attached hydrogen (secondary N) is 2. The van der Waals surface area contributed by atoms with Crippen molar-refractivity contribution in [1.29, 1.82) is 0 Å². The SMILES string of the molecule is COC(=O)c1c(NC(=O)CSc2cccc(NC(=O)COc3ccccc3)c2)sc2c1CCC(c1ccccc1)C2. The second-order valence-electron chi connectivity index (χ2n) is 9.56. The van der Waals surface area contributed by atoms with Crippen LogP contribution in [0.3, 0.4) is 0 Å². The molecule has 210 valence electrons. The Kier molecular flexibility index (Phi) is 9.38. The van der Waals surface area contributed by atoms with Crippen LogP contribution in [0.15, 0.2) is 89.8 Å². The minimum Gasteiger partial charge on any atom is -0.484 e. The molecule has 0 saturated heterocycles. The van der Waals surface area contributed by atoms with Crippen molar-refractivity contribution in [2.24, 2.45) is 0 Å². The van der Waals surface area contributed by atoms with Crippen LogP contribution in [0, 0.1) is 0 Å². The minimum atomic E-state index is -0.427. The summed E-state index contributed by atoms with van der Waals surface area (Å²) < 4.78 is 10.6. The number of amides is 2. The smallest absolute Gasteiger partial charge is 0.341 e. The molecule has 4 aromatic rings. The van der Waals surface area contributed by atoms with Crippen molar-refractivity contribution in [3.05, 3.63) is 106 Å². The number of hydrogen-bond acceptors (Lipinski definition) is 7. The normalized spacial score (nSPS) is 14.0. The van der Waals surface area contributed by atoms with Crippen molar-refractivity contribution in [1.82, 2.24) is 0 Å². The van der Waals surface area contributed by atoms with Gasteiger partial charge in [0.2, 0.25) is 5.91 Å². The van der Waals surface area contributed by atoms with E-state index in [9.17, 15) is 14.4 Å². The second kappa shape index (κ2) is 13.5. The Balaban J connectivity index is 1.19. The molecule has 9 heteroatoms. The molecule has 2 amide bonds. The standard InChI is InChI=1S/C32H30N2O5S2/c1-38-32(37)30-26-16-15-22(21-9-4-2-5-10-21)17-27(26)41-31(30)34-29(36)20-40-25-14-8-11-23(18-25)33-28(35)19-39-24-12-6-3-7-13-24/h2-14,18,22H,15-17,19-20H2,1H3,(H,33,35)(H,34,36). The molecule has 2 N–H and O–H groups in total. The molecule has 7 nitrogen and oxygen atoms in total. The van der Waals surface area contributed by atoms with E-state index in [4.69, 9.17) is 9.47 Å². The van der Waals surface area contributed by atoms with E-state index < -0.39 is 5.97 Å². The maximum atomic E-state index is 13.0. The lowest BCUT2D eigenvalue weighted by molar-refractivity contribution is -0.118. The number of thioether (sulfide) groups is 1. The number of methoxy groups -OCH3 is 1. The van der Waals surface area contributed by atoms with E-state index in [1.165, 1.54) is 35.8 Å². The van der Waals surface area contributed by atoms with E-state index in [1.54, 1.807) is 18.2 Å². The molecule has 0 fully saturated rings. The highest BCUT2D eigenvalue weighted by Crippen LogP contribution is 2.42. The number of para-hydroxylation sites is 1. The van der Waals surface area contributed by atoms with Gasteiger partial charge in [0.1, 0.15) is 10.8 Å². The molecule has 1 aromatic heterocycles. The first kappa shape index (κ1) is 28.4. The molecule has 0 aliphatic heterocycles. The van der Waals surface area contributed by atoms with Gasteiger partial charge in [0, 0.05) is 15.5 Å². The number of carbonyl (C=O) groups is 3. The largest absolute Gasteiger partial charge is 0.484 e. The molecule has 1 atom stereocenters. The van der Waals surface area contributed by atoms with Crippen LogP contribution < -0.4 is 15.4 Å². The van der Waals surface area contributed by atoms with Crippen LogP contribution in [0.5, 0.6) is 5.75 Å². The average Bonchev–Trinajstić information content (AvgIpc) is 3.36. The monoisotopic (exact) mass is 586 g/mol. The second-order valence-corrected chi connectivity index (χ2v) is 11.7. The number of benzene rings is 3. The number of esters is 1. The summed E-state index contributed by atoms with van der Waals surface area (Å²) in [5, 5.41) is 6.32. The highest BCUT2D eigenvalue weighted by molar-refractivity contribution is 8.00. The van der Waals surface area contributed by atoms with Gasteiger partial charge in [0.05, 0.1) is 18.4 Å². The average molecular weight is 587 g/mol. The molecule has 0 bridgehead atoms. The zero-order valence-electron chi connectivity index (χ0n) is 22.6. The van der Waals surface area contributed by atoms with Crippen molar-refractivity contribution in [3.8, 4) is 5.75 Å². The lowest BCUT2D eigenvalue weighted by atomic mass is 9.83. The van der Waals surface area contributed by atoms with Gasteiger partial charge >= 0.3 is 5.97 Å². The van der Waals surface area contributed by atoms with Gasteiger partial charge in [0.25, 0.3) is 5.91 Å². The Hall–Kier alpha value is -4.08. The molecular formula is C32H30N2O5S2. The Morgan fingerprint density at radius 3 is 2.44 bits per heavy atom. The maximum absolute atomic E-state index is 13.0. The molecule has 1 aliphatic carbocycles. The van der Waals surface area contributed by atoms with Crippen LogP contribution in [0.25, 0.3) is 0 Å². The molecule has 5 rings (SSSR count). The fourth-order valence-corrected chi connectivity index (χ4v) is 6.93. The molecule has 1 heterocycles. The van der Waals surface area contributed by atoms with Gasteiger partial charge < -0.3 is 20.1 Å². The third-order valence-corrected chi connectivity index (χ3v) is 8.94. The Bertz CT molecular complexity index is 1520. The van der Waals surface area contributed by atoms with Gasteiger partial charge in [-0.15, -0.1) is 23.1 Å². The van der Waals surface area contributed by atoms with E-state index in [1.807, 2.05) is 54.6 Å². The van der Waals surface area contributed by atoms with E-state index in [0.29, 0.717) is 27.9 Å². The van der Waals surface area contributed by atoms with Crippen molar-refractivity contribution < 1.29 is 23.9 Å². The molecule has 0 radical (unpaired) electrons. The van der Waals surface area contributed by atoms with E-state index in [-0.39, 0.29) is 24.2 Å². The van der Waals surface area contributed by atoms with Crippen LogP contribution in [-0.4, -0.2) is 37.3 Å². The summed E-state index contributed by atoms with van der Waals surface area (Å²) in [4.78, 5) is 39.9. The Morgan fingerprint density at radius 1 is 0.927 bits per heavy atom. The summed E-state index contributed by atoms with van der Waals surface area (Å²) in [7, 11) is 1.36. The fraction of sp³-hybridized carbons (Fsp3) is 0.219. The van der Waals surface area contributed by atoms with Gasteiger partial charge in [-0.3, -0.25) is 9.59 Å². The summed E-state index contributed by atoms with van der Waals surface area (Å²) in [5.74, 6) is 0.220. The first-order valence-corrected chi connectivity index (χ1v) is 15.1. The molecular weight excluding hydrogens is 556 g/mol. The highest BCUT2D eigenvalue weighted by Gasteiger charge is 2.30.